The summed E-state index contributed by atoms with van der Waals surface area (Å²) < 4.78 is 43.8. The summed E-state index contributed by atoms with van der Waals surface area (Å²) in [6.07, 6.45) is -3.27. The zero-order chi connectivity index (χ0) is 21.1. The number of H-pyrrole nitrogens is 1. The summed E-state index contributed by atoms with van der Waals surface area (Å²) in [5.41, 5.74) is 2.87. The Bertz CT molecular complexity index is 1200. The lowest BCUT2D eigenvalue weighted by Crippen LogP contribution is -2.18. The quantitative estimate of drug-likeness (QED) is 0.341. The lowest BCUT2D eigenvalue weighted by atomic mass is 10.1. The van der Waals surface area contributed by atoms with Gasteiger partial charge in [0.1, 0.15) is 5.76 Å². The Morgan fingerprint density at radius 3 is 2.77 bits per heavy atom. The second kappa shape index (κ2) is 8.07. The van der Waals surface area contributed by atoms with E-state index in [1.165, 1.54) is 24.0 Å². The van der Waals surface area contributed by atoms with E-state index in [0.29, 0.717) is 16.0 Å². The van der Waals surface area contributed by atoms with Crippen molar-refractivity contribution in [1.29, 1.82) is 0 Å². The van der Waals surface area contributed by atoms with Gasteiger partial charge >= 0.3 is 6.18 Å². The maximum absolute atomic E-state index is 12.7. The van der Waals surface area contributed by atoms with Crippen LogP contribution in [0.2, 0.25) is 0 Å². The predicted molar refractivity (Wildman–Crippen MR) is 105 cm³/mol. The first-order valence-electron chi connectivity index (χ1n) is 8.61. The van der Waals surface area contributed by atoms with Gasteiger partial charge in [-0.3, -0.25) is 4.79 Å². The third kappa shape index (κ3) is 4.54. The van der Waals surface area contributed by atoms with Gasteiger partial charge < -0.3 is 9.40 Å². The highest BCUT2D eigenvalue weighted by atomic mass is 32.2. The van der Waals surface area contributed by atoms with Gasteiger partial charge in [0, 0.05) is 5.56 Å². The van der Waals surface area contributed by atoms with Crippen LogP contribution >= 0.6 is 11.8 Å². The van der Waals surface area contributed by atoms with Crippen LogP contribution in [0.1, 0.15) is 21.7 Å². The van der Waals surface area contributed by atoms with Crippen LogP contribution in [0.3, 0.4) is 0 Å². The van der Waals surface area contributed by atoms with Gasteiger partial charge in [-0.05, 0) is 54.2 Å². The van der Waals surface area contributed by atoms with Crippen molar-refractivity contribution in [2.24, 2.45) is 5.10 Å². The number of aromatic amines is 1. The first-order chi connectivity index (χ1) is 14.4. The van der Waals surface area contributed by atoms with Crippen molar-refractivity contribution in [3.05, 3.63) is 77.6 Å². The number of furan rings is 1. The number of carbonyl (C=O) groups excluding carboxylic acids is 1. The number of amides is 1. The van der Waals surface area contributed by atoms with Crippen molar-refractivity contribution in [2.75, 3.05) is 0 Å². The molecule has 0 unspecified atom stereocenters. The molecule has 4 aromatic rings. The molecule has 0 saturated carbocycles. The van der Waals surface area contributed by atoms with Crippen LogP contribution in [0, 0.1) is 0 Å². The highest BCUT2D eigenvalue weighted by Crippen LogP contribution is 2.30. The van der Waals surface area contributed by atoms with Crippen LogP contribution in [0.25, 0.3) is 11.0 Å². The van der Waals surface area contributed by atoms with E-state index >= 15 is 0 Å². The molecule has 0 aliphatic carbocycles. The average Bonchev–Trinajstić information content (AvgIpc) is 3.33. The van der Waals surface area contributed by atoms with Crippen LogP contribution in [0.4, 0.5) is 13.2 Å². The minimum Gasteiger partial charge on any atom is -0.448 e. The molecule has 0 radical (unpaired) electrons. The van der Waals surface area contributed by atoms with Crippen LogP contribution in [0.5, 0.6) is 0 Å². The molecular formula is C20H13F3N4O2S. The van der Waals surface area contributed by atoms with E-state index in [4.69, 9.17) is 4.42 Å². The standard InChI is InChI=1S/C20H13F3N4O2S/c21-20(22,23)13-5-3-4-12(10-13)18(28)27-24-11-14-8-9-17(29-14)30-19-25-15-6-1-2-7-16(15)26-19/h1-11H,(H,25,26)(H,27,28). The Hall–Kier alpha value is -3.53. The Kier molecular flexibility index (Phi) is 5.32. The molecule has 0 atom stereocenters. The molecule has 0 saturated heterocycles. The molecule has 2 aromatic carbocycles. The molecule has 4 rings (SSSR count). The fourth-order valence-corrected chi connectivity index (χ4v) is 3.36. The van der Waals surface area contributed by atoms with E-state index in [-0.39, 0.29) is 5.56 Å². The average molecular weight is 430 g/mol. The zero-order valence-corrected chi connectivity index (χ0v) is 15.9. The molecule has 0 aliphatic rings. The summed E-state index contributed by atoms with van der Waals surface area (Å²) in [7, 11) is 0. The van der Waals surface area contributed by atoms with Gasteiger partial charge in [-0.15, -0.1) is 0 Å². The van der Waals surface area contributed by atoms with Crippen molar-refractivity contribution >= 4 is 34.9 Å². The van der Waals surface area contributed by atoms with E-state index in [1.54, 1.807) is 12.1 Å². The maximum Gasteiger partial charge on any atom is 0.416 e. The first-order valence-corrected chi connectivity index (χ1v) is 9.43. The van der Waals surface area contributed by atoms with E-state index in [9.17, 15) is 18.0 Å². The number of para-hydroxylation sites is 2. The molecule has 0 bridgehead atoms. The Morgan fingerprint density at radius 2 is 1.97 bits per heavy atom. The number of fused-ring (bicyclic) bond motifs is 1. The van der Waals surface area contributed by atoms with Crippen LogP contribution in [0.15, 0.2) is 80.4 Å². The molecule has 6 nitrogen and oxygen atoms in total. The van der Waals surface area contributed by atoms with Gasteiger partial charge in [0.2, 0.25) is 0 Å². The van der Waals surface area contributed by atoms with E-state index < -0.39 is 17.6 Å². The minimum absolute atomic E-state index is 0.150. The highest BCUT2D eigenvalue weighted by Gasteiger charge is 2.30. The second-order valence-corrected chi connectivity index (χ2v) is 7.09. The number of nitrogens with zero attached hydrogens (tertiary/aromatic N) is 2. The number of halogens is 3. The molecule has 2 heterocycles. The SMILES string of the molecule is O=C(NN=Cc1ccc(Sc2nc3ccccc3[nH]2)o1)c1cccc(C(F)(F)F)c1. The Labute approximate surface area is 172 Å². The predicted octanol–water partition coefficient (Wildman–Crippen LogP) is 5.09. The van der Waals surface area contributed by atoms with Gasteiger partial charge in [0.15, 0.2) is 10.2 Å². The third-order valence-electron chi connectivity index (χ3n) is 3.98. The monoisotopic (exact) mass is 430 g/mol. The minimum atomic E-state index is -4.53. The Balaban J connectivity index is 1.38. The van der Waals surface area contributed by atoms with Crippen molar-refractivity contribution < 1.29 is 22.4 Å². The molecule has 0 spiro atoms. The third-order valence-corrected chi connectivity index (χ3v) is 4.78. The molecular weight excluding hydrogens is 417 g/mol. The lowest BCUT2D eigenvalue weighted by molar-refractivity contribution is -0.137. The van der Waals surface area contributed by atoms with Crippen molar-refractivity contribution in [3.63, 3.8) is 0 Å². The molecule has 10 heteroatoms. The lowest BCUT2D eigenvalue weighted by Gasteiger charge is -2.07. The smallest absolute Gasteiger partial charge is 0.416 e. The van der Waals surface area contributed by atoms with Gasteiger partial charge in [0.25, 0.3) is 5.91 Å². The number of hydrazone groups is 1. The normalized spacial score (nSPS) is 12.0. The molecule has 0 aliphatic heterocycles. The number of alkyl halides is 3. The largest absolute Gasteiger partial charge is 0.448 e. The summed E-state index contributed by atoms with van der Waals surface area (Å²) in [5.74, 6) is -0.404. The summed E-state index contributed by atoms with van der Waals surface area (Å²) >= 11 is 1.29. The number of nitrogens with one attached hydrogen (secondary N) is 2. The first kappa shape index (κ1) is 19.8. The number of imidazole rings is 1. The molecule has 30 heavy (non-hydrogen) atoms. The van der Waals surface area contributed by atoms with E-state index in [1.807, 2.05) is 24.3 Å². The number of benzene rings is 2. The highest BCUT2D eigenvalue weighted by molar-refractivity contribution is 7.99. The van der Waals surface area contributed by atoms with Gasteiger partial charge in [0.05, 0.1) is 22.8 Å². The second-order valence-electron chi connectivity index (χ2n) is 6.10. The Morgan fingerprint density at radius 1 is 1.13 bits per heavy atom. The van der Waals surface area contributed by atoms with Crippen molar-refractivity contribution in [2.45, 2.75) is 16.4 Å². The number of hydrogen-bond acceptors (Lipinski definition) is 5. The number of carbonyl (C=O) groups is 1. The maximum atomic E-state index is 12.7. The summed E-state index contributed by atoms with van der Waals surface area (Å²) in [5, 5.41) is 4.95. The fraction of sp³-hybridized carbons (Fsp3) is 0.0500. The van der Waals surface area contributed by atoms with E-state index in [2.05, 4.69) is 20.5 Å². The molecule has 2 aromatic heterocycles. The molecule has 2 N–H and O–H groups in total. The van der Waals surface area contributed by atoms with Crippen molar-refractivity contribution in [3.8, 4) is 0 Å². The number of rotatable bonds is 5. The molecule has 152 valence electrons. The van der Waals surface area contributed by atoms with Crippen LogP contribution < -0.4 is 5.43 Å². The van der Waals surface area contributed by atoms with Gasteiger partial charge in [-0.1, -0.05) is 18.2 Å². The van der Waals surface area contributed by atoms with Crippen molar-refractivity contribution in [1.82, 2.24) is 15.4 Å². The fourth-order valence-electron chi connectivity index (χ4n) is 2.59. The van der Waals surface area contributed by atoms with Crippen LogP contribution in [-0.2, 0) is 6.18 Å². The van der Waals surface area contributed by atoms with Crippen LogP contribution in [-0.4, -0.2) is 22.1 Å². The molecule has 0 fully saturated rings. The van der Waals surface area contributed by atoms with Gasteiger partial charge in [-0.2, -0.15) is 18.3 Å². The van der Waals surface area contributed by atoms with E-state index in [0.717, 1.165) is 29.2 Å². The zero-order valence-electron chi connectivity index (χ0n) is 15.1. The topological polar surface area (TPSA) is 83.3 Å². The number of aromatic nitrogens is 2. The summed E-state index contributed by atoms with van der Waals surface area (Å²) in [6.45, 7) is 0. The summed E-state index contributed by atoms with van der Waals surface area (Å²) in [6, 6.07) is 15.1. The van der Waals surface area contributed by atoms with Gasteiger partial charge in [-0.25, -0.2) is 10.4 Å². The molecule has 1 amide bonds. The number of hydrogen-bond donors (Lipinski definition) is 2. The summed E-state index contributed by atoms with van der Waals surface area (Å²) in [4.78, 5) is 19.6.